The topological polar surface area (TPSA) is 112 Å². The number of nitrogens with zero attached hydrogens (tertiary/aromatic N) is 2. The number of anilines is 1. The van der Waals surface area contributed by atoms with E-state index in [1.807, 2.05) is 13.8 Å². The van der Waals surface area contributed by atoms with E-state index < -0.39 is 32.8 Å². The van der Waals surface area contributed by atoms with Gasteiger partial charge in [-0.25, -0.2) is 22.8 Å². The fraction of sp³-hybridized carbons (Fsp3) is 0.435. The summed E-state index contributed by atoms with van der Waals surface area (Å²) < 4.78 is 46.5. The Morgan fingerprint density at radius 1 is 1.30 bits per heavy atom. The number of ether oxygens (including phenoxy) is 1. The molecule has 0 saturated carbocycles. The highest BCUT2D eigenvalue weighted by atomic mass is 35.5. The van der Waals surface area contributed by atoms with Gasteiger partial charge in [0.05, 0.1) is 17.1 Å². The summed E-state index contributed by atoms with van der Waals surface area (Å²) in [7, 11) is -3.56. The number of benzene rings is 1. The van der Waals surface area contributed by atoms with Crippen LogP contribution in [0, 0.1) is 11.7 Å². The van der Waals surface area contributed by atoms with E-state index in [-0.39, 0.29) is 50.8 Å². The van der Waals surface area contributed by atoms with E-state index >= 15 is 4.39 Å². The first kappa shape index (κ1) is 25.1. The van der Waals surface area contributed by atoms with E-state index in [2.05, 4.69) is 9.97 Å². The van der Waals surface area contributed by atoms with Crippen LogP contribution in [0.1, 0.15) is 57.4 Å². The SMILES string of the molecule is CCCS(=O)(=O)Cc1cc(Cl)cc(C2=C(c3ccnc(N)n3)OC(C)(CC(C)C)C2=O)c1F. The van der Waals surface area contributed by atoms with Crippen molar-refractivity contribution in [2.45, 2.75) is 51.9 Å². The van der Waals surface area contributed by atoms with E-state index in [1.165, 1.54) is 24.4 Å². The average molecular weight is 496 g/mol. The zero-order valence-electron chi connectivity index (χ0n) is 19.0. The first-order valence-electron chi connectivity index (χ1n) is 10.6. The van der Waals surface area contributed by atoms with Crippen molar-refractivity contribution in [1.29, 1.82) is 0 Å². The number of carbonyl (C=O) groups is 1. The zero-order chi connectivity index (χ0) is 24.6. The van der Waals surface area contributed by atoms with E-state index in [4.69, 9.17) is 22.1 Å². The van der Waals surface area contributed by atoms with Crippen LogP contribution in [-0.2, 0) is 25.1 Å². The predicted molar refractivity (Wildman–Crippen MR) is 126 cm³/mol. The molecule has 0 spiro atoms. The largest absolute Gasteiger partial charge is 0.476 e. The number of halogens is 2. The van der Waals surface area contributed by atoms with Crippen molar-refractivity contribution in [3.05, 3.63) is 52.1 Å². The molecule has 2 aromatic rings. The van der Waals surface area contributed by atoms with Gasteiger partial charge < -0.3 is 10.5 Å². The van der Waals surface area contributed by atoms with Crippen molar-refractivity contribution < 1.29 is 22.3 Å². The molecular formula is C23H27ClFN3O4S. The number of rotatable bonds is 8. The van der Waals surface area contributed by atoms with Gasteiger partial charge in [-0.2, -0.15) is 0 Å². The van der Waals surface area contributed by atoms with Gasteiger partial charge in [0, 0.05) is 22.3 Å². The van der Waals surface area contributed by atoms with Gasteiger partial charge in [0.2, 0.25) is 11.7 Å². The summed E-state index contributed by atoms with van der Waals surface area (Å²) in [5, 5.41) is 0.104. The zero-order valence-corrected chi connectivity index (χ0v) is 20.6. The quantitative estimate of drug-likeness (QED) is 0.575. The lowest BCUT2D eigenvalue weighted by atomic mass is 9.85. The molecule has 1 aromatic heterocycles. The molecule has 7 nitrogen and oxygen atoms in total. The molecule has 10 heteroatoms. The Kier molecular flexibility index (Phi) is 7.14. The summed E-state index contributed by atoms with van der Waals surface area (Å²) in [5.74, 6) is -1.76. The van der Waals surface area contributed by atoms with Gasteiger partial charge in [0.1, 0.15) is 11.5 Å². The summed E-state index contributed by atoms with van der Waals surface area (Å²) >= 11 is 6.25. The van der Waals surface area contributed by atoms with E-state index in [0.29, 0.717) is 12.8 Å². The van der Waals surface area contributed by atoms with Crippen LogP contribution in [0.2, 0.25) is 5.02 Å². The lowest BCUT2D eigenvalue weighted by Gasteiger charge is -2.25. The van der Waals surface area contributed by atoms with Crippen LogP contribution < -0.4 is 5.73 Å². The molecule has 1 unspecified atom stereocenters. The fourth-order valence-corrected chi connectivity index (χ4v) is 5.77. The van der Waals surface area contributed by atoms with Gasteiger partial charge >= 0.3 is 0 Å². The van der Waals surface area contributed by atoms with Gasteiger partial charge in [-0.15, -0.1) is 0 Å². The molecular weight excluding hydrogens is 469 g/mol. The van der Waals surface area contributed by atoms with Crippen LogP contribution in [0.25, 0.3) is 11.3 Å². The molecule has 0 fully saturated rings. The molecule has 1 aliphatic heterocycles. The number of ketones is 1. The van der Waals surface area contributed by atoms with Gasteiger partial charge in [-0.3, -0.25) is 4.79 Å². The van der Waals surface area contributed by atoms with Crippen LogP contribution >= 0.6 is 11.6 Å². The Balaban J connectivity index is 2.24. The van der Waals surface area contributed by atoms with Crippen LogP contribution in [0.5, 0.6) is 0 Å². The minimum atomic E-state index is -3.56. The maximum Gasteiger partial charge on any atom is 0.220 e. The molecule has 3 rings (SSSR count). The molecule has 1 aliphatic rings. The first-order chi connectivity index (χ1) is 15.4. The van der Waals surface area contributed by atoms with Gasteiger partial charge in [0.15, 0.2) is 21.2 Å². The first-order valence-corrected chi connectivity index (χ1v) is 12.8. The number of sulfone groups is 1. The van der Waals surface area contributed by atoms with Gasteiger partial charge in [-0.1, -0.05) is 32.4 Å². The smallest absolute Gasteiger partial charge is 0.220 e. The molecule has 0 saturated heterocycles. The van der Waals surface area contributed by atoms with E-state index in [0.717, 1.165) is 0 Å². The van der Waals surface area contributed by atoms with Crippen LogP contribution in [-0.4, -0.2) is 35.5 Å². The van der Waals surface area contributed by atoms with Crippen LogP contribution in [0.4, 0.5) is 10.3 Å². The normalized spacial score (nSPS) is 18.8. The van der Waals surface area contributed by atoms with Crippen LogP contribution in [0.15, 0.2) is 24.4 Å². The van der Waals surface area contributed by atoms with Crippen molar-refractivity contribution in [2.24, 2.45) is 5.92 Å². The standard InChI is InChI=1S/C23H27ClFN3O4S/c1-5-8-33(30,31)12-14-9-15(24)10-16(19(14)25)18-20(17-6-7-27-22(26)28-17)32-23(4,21(18)29)11-13(2)3/h6-7,9-10,13H,5,8,11-12H2,1-4H3,(H2,26,27,28). The second-order valence-corrected chi connectivity index (χ2v) is 11.4. The monoisotopic (exact) mass is 495 g/mol. The lowest BCUT2D eigenvalue weighted by Crippen LogP contribution is -2.35. The number of nitrogens with two attached hydrogens (primary N) is 1. The summed E-state index contributed by atoms with van der Waals surface area (Å²) in [6, 6.07) is 4.08. The highest BCUT2D eigenvalue weighted by Gasteiger charge is 2.48. The van der Waals surface area contributed by atoms with Gasteiger partial charge in [-0.05, 0) is 43.9 Å². The predicted octanol–water partition coefficient (Wildman–Crippen LogP) is 4.45. The van der Waals surface area contributed by atoms with E-state index in [1.54, 1.807) is 13.8 Å². The maximum absolute atomic E-state index is 15.7. The number of Topliss-reactive ketones (excluding diaryl/α,β-unsaturated/α-hetero) is 1. The summed E-state index contributed by atoms with van der Waals surface area (Å²) in [5.41, 5.74) is 4.39. The van der Waals surface area contributed by atoms with Crippen LogP contribution in [0.3, 0.4) is 0 Å². The Morgan fingerprint density at radius 3 is 2.61 bits per heavy atom. The number of carbonyl (C=O) groups excluding carboxylic acids is 1. The second kappa shape index (κ2) is 9.38. The summed E-state index contributed by atoms with van der Waals surface area (Å²) in [6.07, 6.45) is 2.19. The third kappa shape index (κ3) is 5.35. The van der Waals surface area contributed by atoms with Crippen molar-refractivity contribution in [2.75, 3.05) is 11.5 Å². The molecule has 33 heavy (non-hydrogen) atoms. The summed E-state index contributed by atoms with van der Waals surface area (Å²) in [4.78, 5) is 21.6. The number of hydrogen-bond acceptors (Lipinski definition) is 7. The fourth-order valence-electron chi connectivity index (χ4n) is 4.08. The number of aromatic nitrogens is 2. The maximum atomic E-state index is 15.7. The molecule has 178 valence electrons. The Hall–Kier alpha value is -2.52. The van der Waals surface area contributed by atoms with Crippen molar-refractivity contribution in [3.8, 4) is 0 Å². The highest BCUT2D eigenvalue weighted by molar-refractivity contribution is 7.90. The molecule has 0 radical (unpaired) electrons. The molecule has 0 aliphatic carbocycles. The van der Waals surface area contributed by atoms with Crippen molar-refractivity contribution >= 4 is 44.5 Å². The molecule has 1 aromatic carbocycles. The molecule has 0 bridgehead atoms. The minimum Gasteiger partial charge on any atom is -0.476 e. The Labute approximate surface area is 198 Å². The Morgan fingerprint density at radius 2 is 2.00 bits per heavy atom. The number of nitrogen functional groups attached to an aromatic ring is 1. The third-order valence-electron chi connectivity index (χ3n) is 5.24. The summed E-state index contributed by atoms with van der Waals surface area (Å²) in [6.45, 7) is 7.26. The highest BCUT2D eigenvalue weighted by Crippen LogP contribution is 2.45. The number of hydrogen-bond donors (Lipinski definition) is 1. The molecule has 0 amide bonds. The van der Waals surface area contributed by atoms with Crippen molar-refractivity contribution in [3.63, 3.8) is 0 Å². The molecule has 2 N–H and O–H groups in total. The average Bonchev–Trinajstić information content (AvgIpc) is 2.94. The minimum absolute atomic E-state index is 0.0363. The van der Waals surface area contributed by atoms with Gasteiger partial charge in [0.25, 0.3) is 0 Å². The second-order valence-electron chi connectivity index (χ2n) is 8.78. The molecule has 1 atom stereocenters. The van der Waals surface area contributed by atoms with E-state index in [9.17, 15) is 13.2 Å². The molecule has 2 heterocycles. The Bertz CT molecular complexity index is 1230. The third-order valence-corrected chi connectivity index (χ3v) is 7.24. The van der Waals surface area contributed by atoms with Crippen molar-refractivity contribution in [1.82, 2.24) is 9.97 Å². The lowest BCUT2D eigenvalue weighted by molar-refractivity contribution is -0.127.